The van der Waals surface area contributed by atoms with E-state index in [2.05, 4.69) is 68.2 Å². The van der Waals surface area contributed by atoms with Gasteiger partial charge < -0.3 is 14.6 Å². The number of nitrogens with one attached hydrogen (secondary N) is 1. The SMILES string of the molecule is CC1(C)C(c2nc(-c3ccc(N4CCS(O)(O)CC4)cc3)c([C@@H]3CCCC[C@H]3C(=O)NC3(C#N)CC3)o2)C1(C)C. The van der Waals surface area contributed by atoms with E-state index in [0.29, 0.717) is 24.6 Å². The van der Waals surface area contributed by atoms with Gasteiger partial charge in [-0.05, 0) is 48.6 Å². The lowest BCUT2D eigenvalue weighted by atomic mass is 9.76. The molecule has 8 nitrogen and oxygen atoms in total. The van der Waals surface area contributed by atoms with Crippen LogP contribution in [0.25, 0.3) is 11.3 Å². The van der Waals surface area contributed by atoms with Crippen molar-refractivity contribution in [2.24, 2.45) is 16.7 Å². The van der Waals surface area contributed by atoms with Gasteiger partial charge in [-0.2, -0.15) is 15.9 Å². The van der Waals surface area contributed by atoms with Crippen LogP contribution in [0.5, 0.6) is 0 Å². The quantitative estimate of drug-likeness (QED) is 0.364. The van der Waals surface area contributed by atoms with Gasteiger partial charge in [-0.25, -0.2) is 4.98 Å². The highest BCUT2D eigenvalue weighted by molar-refractivity contribution is 8.24. The van der Waals surface area contributed by atoms with Crippen molar-refractivity contribution in [2.75, 3.05) is 29.5 Å². The van der Waals surface area contributed by atoms with Crippen molar-refractivity contribution >= 4 is 22.2 Å². The monoisotopic (exact) mass is 566 g/mol. The third-order valence-electron chi connectivity index (χ3n) is 10.6. The largest absolute Gasteiger partial charge is 0.444 e. The van der Waals surface area contributed by atoms with Gasteiger partial charge in [0.25, 0.3) is 0 Å². The van der Waals surface area contributed by atoms with Gasteiger partial charge in [0.1, 0.15) is 17.0 Å². The minimum absolute atomic E-state index is 0.0360. The van der Waals surface area contributed by atoms with Gasteiger partial charge in [0.05, 0.1) is 17.6 Å². The molecule has 40 heavy (non-hydrogen) atoms. The van der Waals surface area contributed by atoms with E-state index in [0.717, 1.165) is 67.1 Å². The number of anilines is 1. The van der Waals surface area contributed by atoms with Crippen molar-refractivity contribution in [3.63, 3.8) is 0 Å². The predicted octanol–water partition coefficient (Wildman–Crippen LogP) is 6.51. The molecule has 2 heterocycles. The molecule has 9 heteroatoms. The van der Waals surface area contributed by atoms with Crippen molar-refractivity contribution in [1.29, 1.82) is 5.26 Å². The zero-order chi connectivity index (χ0) is 28.5. The van der Waals surface area contributed by atoms with E-state index < -0.39 is 16.1 Å². The number of nitrogens with zero attached hydrogens (tertiary/aromatic N) is 3. The third-order valence-corrected chi connectivity index (χ3v) is 12.3. The fourth-order valence-electron chi connectivity index (χ4n) is 7.04. The molecule has 3 saturated carbocycles. The number of hydrogen-bond acceptors (Lipinski definition) is 7. The van der Waals surface area contributed by atoms with E-state index in [1.807, 2.05) is 0 Å². The Kier molecular flexibility index (Phi) is 6.56. The van der Waals surface area contributed by atoms with Gasteiger partial charge in [-0.1, -0.05) is 52.7 Å². The molecule has 0 unspecified atom stereocenters. The molecule has 6 rings (SSSR count). The Balaban J connectivity index is 1.33. The zero-order valence-electron chi connectivity index (χ0n) is 24.1. The van der Waals surface area contributed by atoms with Crippen LogP contribution in [-0.4, -0.2) is 50.1 Å². The average molecular weight is 567 g/mol. The number of rotatable bonds is 6. The summed E-state index contributed by atoms with van der Waals surface area (Å²) in [5, 5.41) is 12.6. The molecule has 2 aromatic rings. The van der Waals surface area contributed by atoms with E-state index in [1.165, 1.54) is 0 Å². The number of oxazole rings is 1. The van der Waals surface area contributed by atoms with E-state index >= 15 is 0 Å². The number of carbonyl (C=O) groups excluding carboxylic acids is 1. The van der Waals surface area contributed by atoms with Crippen molar-refractivity contribution in [2.45, 2.75) is 83.6 Å². The fraction of sp³-hybridized carbons (Fsp3) is 0.645. The molecule has 1 aromatic carbocycles. The van der Waals surface area contributed by atoms with Crippen LogP contribution in [0.2, 0.25) is 0 Å². The number of carbonyl (C=O) groups is 1. The first-order chi connectivity index (χ1) is 18.9. The Labute approximate surface area is 238 Å². The number of nitriles is 1. The zero-order valence-corrected chi connectivity index (χ0v) is 24.9. The molecular weight excluding hydrogens is 524 g/mol. The average Bonchev–Trinajstić information content (AvgIpc) is 3.69. The summed E-state index contributed by atoms with van der Waals surface area (Å²) in [5.74, 6) is 2.19. The molecule has 1 saturated heterocycles. The summed E-state index contributed by atoms with van der Waals surface area (Å²) < 4.78 is 26.7. The molecule has 0 bridgehead atoms. The first-order valence-corrected chi connectivity index (χ1v) is 16.6. The third kappa shape index (κ3) is 4.72. The van der Waals surface area contributed by atoms with Crippen LogP contribution in [0.4, 0.5) is 5.69 Å². The maximum atomic E-state index is 13.5. The van der Waals surface area contributed by atoms with Gasteiger partial charge in [0, 0.05) is 42.1 Å². The Morgan fingerprint density at radius 2 is 1.70 bits per heavy atom. The molecule has 1 amide bonds. The number of benzene rings is 1. The van der Waals surface area contributed by atoms with Crippen LogP contribution >= 0.6 is 10.6 Å². The standard InChI is InChI=1S/C31H42N4O4S/c1-29(2)26(30(29,3)4)28-33-24(20-9-11-21(12-10-20)35-15-17-40(37,38)18-16-35)25(39-28)22-7-5-6-8-23(22)27(36)34-31(19-32)13-14-31/h9-12,22-23,26,37-38H,5-8,13-18H2,1-4H3,(H,34,36)/t22-,23-/m1/s1. The second-order valence-electron chi connectivity index (χ2n) is 13.6. The Hall–Kier alpha value is -2.54. The summed E-state index contributed by atoms with van der Waals surface area (Å²) >= 11 is 0. The molecule has 4 fully saturated rings. The van der Waals surface area contributed by atoms with Crippen LogP contribution in [-0.2, 0) is 4.79 Å². The molecule has 0 radical (unpaired) electrons. The van der Waals surface area contributed by atoms with Crippen LogP contribution in [0, 0.1) is 28.1 Å². The number of aromatic nitrogens is 1. The minimum atomic E-state index is -2.45. The van der Waals surface area contributed by atoms with E-state index in [9.17, 15) is 19.2 Å². The Morgan fingerprint density at radius 1 is 1.07 bits per heavy atom. The van der Waals surface area contributed by atoms with E-state index in [-0.39, 0.29) is 34.5 Å². The molecular formula is C31H42N4O4S. The molecule has 2 atom stereocenters. The second kappa shape index (κ2) is 9.50. The van der Waals surface area contributed by atoms with Crippen molar-refractivity contribution in [3.8, 4) is 17.3 Å². The van der Waals surface area contributed by atoms with E-state index in [4.69, 9.17) is 9.40 Å². The van der Waals surface area contributed by atoms with Gasteiger partial charge in [0.15, 0.2) is 5.89 Å². The maximum Gasteiger partial charge on any atom is 0.225 e. The first kappa shape index (κ1) is 27.6. The highest BCUT2D eigenvalue weighted by Crippen LogP contribution is 2.73. The van der Waals surface area contributed by atoms with Gasteiger partial charge in [-0.15, -0.1) is 0 Å². The molecule has 1 aliphatic heterocycles. The topological polar surface area (TPSA) is 123 Å². The maximum absolute atomic E-state index is 13.5. The van der Waals surface area contributed by atoms with Crippen LogP contribution in [0.1, 0.15) is 89.7 Å². The molecule has 0 spiro atoms. The summed E-state index contributed by atoms with van der Waals surface area (Å²) in [4.78, 5) is 20.8. The van der Waals surface area contributed by atoms with E-state index in [1.54, 1.807) is 0 Å². The Morgan fingerprint density at radius 3 is 2.27 bits per heavy atom. The minimum Gasteiger partial charge on any atom is -0.444 e. The summed E-state index contributed by atoms with van der Waals surface area (Å²) in [6.07, 6.45) is 5.09. The molecule has 216 valence electrons. The lowest BCUT2D eigenvalue weighted by Crippen LogP contribution is -2.42. The van der Waals surface area contributed by atoms with Gasteiger partial charge in [0.2, 0.25) is 5.91 Å². The normalized spacial score (nSPS) is 28.8. The first-order valence-electron chi connectivity index (χ1n) is 14.7. The summed E-state index contributed by atoms with van der Waals surface area (Å²) in [5.41, 5.74) is 2.28. The van der Waals surface area contributed by atoms with Crippen molar-refractivity contribution < 1.29 is 18.3 Å². The molecule has 4 aliphatic rings. The Bertz CT molecular complexity index is 1310. The lowest BCUT2D eigenvalue weighted by Gasteiger charge is -2.41. The number of hydrogen-bond donors (Lipinski definition) is 3. The van der Waals surface area contributed by atoms with Crippen molar-refractivity contribution in [3.05, 3.63) is 35.9 Å². The second-order valence-corrected chi connectivity index (χ2v) is 16.0. The highest BCUT2D eigenvalue weighted by Gasteiger charge is 2.67. The smallest absolute Gasteiger partial charge is 0.225 e. The fourth-order valence-corrected chi connectivity index (χ4v) is 8.27. The summed E-state index contributed by atoms with van der Waals surface area (Å²) in [7, 11) is -2.45. The highest BCUT2D eigenvalue weighted by atomic mass is 32.3. The molecule has 3 aliphatic carbocycles. The van der Waals surface area contributed by atoms with Crippen molar-refractivity contribution in [1.82, 2.24) is 10.3 Å². The summed E-state index contributed by atoms with van der Waals surface area (Å²) in [6.45, 7) is 10.3. The molecule has 1 aromatic heterocycles. The molecule has 3 N–H and O–H groups in total. The number of amides is 1. The van der Waals surface area contributed by atoms with Crippen LogP contribution in [0.3, 0.4) is 0 Å². The van der Waals surface area contributed by atoms with Crippen LogP contribution < -0.4 is 10.2 Å². The van der Waals surface area contributed by atoms with Gasteiger partial charge in [-0.3, -0.25) is 13.9 Å². The summed E-state index contributed by atoms with van der Waals surface area (Å²) in [6, 6.07) is 10.6. The van der Waals surface area contributed by atoms with Gasteiger partial charge >= 0.3 is 0 Å². The lowest BCUT2D eigenvalue weighted by molar-refractivity contribution is -0.127. The van der Waals surface area contributed by atoms with Crippen LogP contribution in [0.15, 0.2) is 28.7 Å². The predicted molar refractivity (Wildman–Crippen MR) is 157 cm³/mol.